The second-order valence-corrected chi connectivity index (χ2v) is 5.16. The van der Waals surface area contributed by atoms with E-state index in [0.29, 0.717) is 11.3 Å². The Morgan fingerprint density at radius 2 is 2.11 bits per heavy atom. The van der Waals surface area contributed by atoms with E-state index in [-0.39, 0.29) is 5.41 Å². The van der Waals surface area contributed by atoms with Crippen LogP contribution in [0, 0.1) is 5.41 Å². The highest BCUT2D eigenvalue weighted by molar-refractivity contribution is 5.96. The van der Waals surface area contributed by atoms with Gasteiger partial charge in [0, 0.05) is 17.9 Å². The van der Waals surface area contributed by atoms with Gasteiger partial charge in [-0.2, -0.15) is 0 Å². The molecule has 0 radical (unpaired) electrons. The van der Waals surface area contributed by atoms with Gasteiger partial charge in [0.15, 0.2) is 0 Å². The second-order valence-electron chi connectivity index (χ2n) is 5.16. The van der Waals surface area contributed by atoms with E-state index in [1.807, 2.05) is 6.07 Å². The minimum absolute atomic E-state index is 0.215. The van der Waals surface area contributed by atoms with Crippen molar-refractivity contribution in [3.8, 4) is 0 Å². The van der Waals surface area contributed by atoms with Crippen LogP contribution in [0.1, 0.15) is 37.6 Å². The van der Waals surface area contributed by atoms with Gasteiger partial charge in [-0.1, -0.05) is 20.8 Å². The average Bonchev–Trinajstić information content (AvgIpc) is 2.37. The van der Waals surface area contributed by atoms with Crippen molar-refractivity contribution >= 4 is 17.3 Å². The minimum Gasteiger partial charge on any atom is -0.465 e. The summed E-state index contributed by atoms with van der Waals surface area (Å²) in [5, 5.41) is 3.32. The maximum absolute atomic E-state index is 11.5. The van der Waals surface area contributed by atoms with E-state index < -0.39 is 5.97 Å². The molecular weight excluding hydrogens is 228 g/mol. The van der Waals surface area contributed by atoms with Crippen molar-refractivity contribution in [1.29, 1.82) is 0 Å². The number of nitrogens with one attached hydrogen (secondary N) is 1. The highest BCUT2D eigenvalue weighted by Crippen LogP contribution is 2.23. The zero-order valence-electron chi connectivity index (χ0n) is 11.5. The molecule has 3 N–H and O–H groups in total. The molecule has 1 rings (SSSR count). The molecule has 0 unspecified atom stereocenters. The Labute approximate surface area is 109 Å². The van der Waals surface area contributed by atoms with Gasteiger partial charge in [0.2, 0.25) is 0 Å². The lowest BCUT2D eigenvalue weighted by atomic mass is 9.90. The molecule has 0 aromatic heterocycles. The standard InChI is InChI=1S/C14H22N2O2/c1-5-14(2,3)9-16-10-6-7-12(15)11(8-10)13(17)18-4/h6-8,16H,5,9,15H2,1-4H3. The predicted molar refractivity (Wildman–Crippen MR) is 74.8 cm³/mol. The summed E-state index contributed by atoms with van der Waals surface area (Å²) >= 11 is 0. The van der Waals surface area contributed by atoms with Gasteiger partial charge in [-0.15, -0.1) is 0 Å². The first-order valence-corrected chi connectivity index (χ1v) is 6.11. The smallest absolute Gasteiger partial charge is 0.340 e. The van der Waals surface area contributed by atoms with Gasteiger partial charge in [-0.3, -0.25) is 0 Å². The Bertz CT molecular complexity index is 428. The number of carbonyl (C=O) groups is 1. The predicted octanol–water partition coefficient (Wildman–Crippen LogP) is 2.90. The molecule has 100 valence electrons. The van der Waals surface area contributed by atoms with Crippen LogP contribution in [-0.2, 0) is 4.74 Å². The molecule has 0 heterocycles. The number of ether oxygens (including phenoxy) is 1. The molecule has 18 heavy (non-hydrogen) atoms. The molecule has 0 aliphatic heterocycles. The summed E-state index contributed by atoms with van der Waals surface area (Å²) in [5.41, 5.74) is 7.67. The fraction of sp³-hybridized carbons (Fsp3) is 0.500. The summed E-state index contributed by atoms with van der Waals surface area (Å²) in [6.07, 6.45) is 1.08. The molecule has 0 spiro atoms. The van der Waals surface area contributed by atoms with Crippen molar-refractivity contribution in [3.63, 3.8) is 0 Å². The van der Waals surface area contributed by atoms with Crippen LogP contribution in [0.3, 0.4) is 0 Å². The van der Waals surface area contributed by atoms with Gasteiger partial charge < -0.3 is 15.8 Å². The minimum atomic E-state index is -0.411. The molecule has 0 fully saturated rings. The third-order valence-corrected chi connectivity index (χ3v) is 3.19. The second kappa shape index (κ2) is 5.76. The van der Waals surface area contributed by atoms with E-state index >= 15 is 0 Å². The molecular formula is C14H22N2O2. The molecule has 0 amide bonds. The first-order valence-electron chi connectivity index (χ1n) is 6.11. The number of esters is 1. The number of nitrogen functional groups attached to an aromatic ring is 1. The molecule has 0 atom stereocenters. The third kappa shape index (κ3) is 3.65. The van der Waals surface area contributed by atoms with Gasteiger partial charge in [0.1, 0.15) is 0 Å². The Morgan fingerprint density at radius 1 is 1.44 bits per heavy atom. The monoisotopic (exact) mass is 250 g/mol. The van der Waals surface area contributed by atoms with Crippen LogP contribution in [0.4, 0.5) is 11.4 Å². The van der Waals surface area contributed by atoms with Crippen LogP contribution in [-0.4, -0.2) is 19.6 Å². The van der Waals surface area contributed by atoms with E-state index in [0.717, 1.165) is 18.7 Å². The maximum atomic E-state index is 11.5. The van der Waals surface area contributed by atoms with Crippen molar-refractivity contribution in [3.05, 3.63) is 23.8 Å². The number of carbonyl (C=O) groups excluding carboxylic acids is 1. The van der Waals surface area contributed by atoms with Crippen LogP contribution < -0.4 is 11.1 Å². The van der Waals surface area contributed by atoms with Gasteiger partial charge >= 0.3 is 5.97 Å². The lowest BCUT2D eigenvalue weighted by Gasteiger charge is -2.23. The molecule has 1 aromatic rings. The molecule has 4 heteroatoms. The van der Waals surface area contributed by atoms with Gasteiger partial charge in [0.25, 0.3) is 0 Å². The van der Waals surface area contributed by atoms with Crippen molar-refractivity contribution in [2.45, 2.75) is 27.2 Å². The molecule has 0 saturated carbocycles. The van der Waals surface area contributed by atoms with E-state index in [1.54, 1.807) is 12.1 Å². The van der Waals surface area contributed by atoms with Crippen LogP contribution in [0.15, 0.2) is 18.2 Å². The number of hydrogen-bond donors (Lipinski definition) is 2. The molecule has 0 bridgehead atoms. The Balaban J connectivity index is 2.83. The summed E-state index contributed by atoms with van der Waals surface area (Å²) in [5.74, 6) is -0.411. The number of anilines is 2. The highest BCUT2D eigenvalue weighted by atomic mass is 16.5. The zero-order chi connectivity index (χ0) is 13.8. The molecule has 0 aliphatic rings. The number of benzene rings is 1. The van der Waals surface area contributed by atoms with Gasteiger partial charge in [-0.05, 0) is 30.0 Å². The number of rotatable bonds is 5. The fourth-order valence-corrected chi connectivity index (χ4v) is 1.42. The summed E-state index contributed by atoms with van der Waals surface area (Å²) in [7, 11) is 1.35. The van der Waals surface area contributed by atoms with Crippen LogP contribution in [0.2, 0.25) is 0 Å². The maximum Gasteiger partial charge on any atom is 0.340 e. The molecule has 0 aliphatic carbocycles. The third-order valence-electron chi connectivity index (χ3n) is 3.19. The van der Waals surface area contributed by atoms with Crippen molar-refractivity contribution < 1.29 is 9.53 Å². The quantitative estimate of drug-likeness (QED) is 0.623. The molecule has 0 saturated heterocycles. The summed E-state index contributed by atoms with van der Waals surface area (Å²) in [6.45, 7) is 7.38. The van der Waals surface area contributed by atoms with Crippen molar-refractivity contribution in [2.24, 2.45) is 5.41 Å². The van der Waals surface area contributed by atoms with E-state index in [1.165, 1.54) is 7.11 Å². The molecule has 4 nitrogen and oxygen atoms in total. The van der Waals surface area contributed by atoms with Crippen molar-refractivity contribution in [1.82, 2.24) is 0 Å². The zero-order valence-corrected chi connectivity index (χ0v) is 11.5. The van der Waals surface area contributed by atoms with Crippen LogP contribution >= 0.6 is 0 Å². The van der Waals surface area contributed by atoms with E-state index in [9.17, 15) is 4.79 Å². The lowest BCUT2D eigenvalue weighted by molar-refractivity contribution is 0.0602. The Kier molecular flexibility index (Phi) is 4.59. The SMILES string of the molecule is CCC(C)(C)CNc1ccc(N)c(C(=O)OC)c1. The van der Waals surface area contributed by atoms with Crippen LogP contribution in [0.25, 0.3) is 0 Å². The first kappa shape index (κ1) is 14.4. The average molecular weight is 250 g/mol. The summed E-state index contributed by atoms with van der Waals surface area (Å²) < 4.78 is 4.69. The van der Waals surface area contributed by atoms with E-state index in [2.05, 4.69) is 26.1 Å². The Hall–Kier alpha value is -1.71. The normalized spacial score (nSPS) is 11.1. The summed E-state index contributed by atoms with van der Waals surface area (Å²) in [4.78, 5) is 11.5. The van der Waals surface area contributed by atoms with Gasteiger partial charge in [0.05, 0.1) is 12.7 Å². The molecule has 1 aromatic carbocycles. The van der Waals surface area contributed by atoms with Gasteiger partial charge in [-0.25, -0.2) is 4.79 Å². The topological polar surface area (TPSA) is 64.3 Å². The lowest BCUT2D eigenvalue weighted by Crippen LogP contribution is -2.22. The Morgan fingerprint density at radius 3 is 2.67 bits per heavy atom. The first-order chi connectivity index (χ1) is 8.39. The van der Waals surface area contributed by atoms with Crippen LogP contribution in [0.5, 0.6) is 0 Å². The van der Waals surface area contributed by atoms with E-state index in [4.69, 9.17) is 10.5 Å². The fourth-order valence-electron chi connectivity index (χ4n) is 1.42. The summed E-state index contributed by atoms with van der Waals surface area (Å²) in [6, 6.07) is 5.31. The highest BCUT2D eigenvalue weighted by Gasteiger charge is 2.15. The number of nitrogens with two attached hydrogens (primary N) is 1. The number of methoxy groups -OCH3 is 1. The number of hydrogen-bond acceptors (Lipinski definition) is 4. The largest absolute Gasteiger partial charge is 0.465 e. The van der Waals surface area contributed by atoms with Crippen molar-refractivity contribution in [2.75, 3.05) is 24.7 Å².